The van der Waals surface area contributed by atoms with Gasteiger partial charge in [-0.3, -0.25) is 9.78 Å². The highest BCUT2D eigenvalue weighted by Crippen LogP contribution is 2.36. The van der Waals surface area contributed by atoms with E-state index in [2.05, 4.69) is 10.3 Å². The summed E-state index contributed by atoms with van der Waals surface area (Å²) in [5.41, 5.74) is -1.49. The maximum Gasteiger partial charge on any atom is 0.416 e. The fourth-order valence-electron chi connectivity index (χ4n) is 3.35. The summed E-state index contributed by atoms with van der Waals surface area (Å²) in [5, 5.41) is 2.74. The van der Waals surface area contributed by atoms with Crippen LogP contribution in [0.1, 0.15) is 33.7 Å². The molecule has 190 valence electrons. The van der Waals surface area contributed by atoms with E-state index >= 15 is 0 Å². The second-order valence-corrected chi connectivity index (χ2v) is 7.90. The van der Waals surface area contributed by atoms with Crippen LogP contribution in [0.15, 0.2) is 79.1 Å². The topological polar surface area (TPSA) is 51.2 Å². The molecule has 0 aliphatic rings. The molecule has 0 aliphatic heterocycles. The van der Waals surface area contributed by atoms with Gasteiger partial charge in [0.15, 0.2) is 0 Å². The van der Waals surface area contributed by atoms with Gasteiger partial charge in [-0.25, -0.2) is 0 Å². The Morgan fingerprint density at radius 1 is 0.917 bits per heavy atom. The Morgan fingerprint density at radius 3 is 2.11 bits per heavy atom. The minimum atomic E-state index is -4.93. The van der Waals surface area contributed by atoms with Gasteiger partial charge in [0.05, 0.1) is 24.3 Å². The molecule has 0 aliphatic carbocycles. The van der Waals surface area contributed by atoms with Gasteiger partial charge in [0.25, 0.3) is 0 Å². The molecule has 1 amide bonds. The molecule has 4 nitrogen and oxygen atoms in total. The average molecular weight is 508 g/mol. The van der Waals surface area contributed by atoms with Crippen molar-refractivity contribution in [2.24, 2.45) is 0 Å². The molecule has 1 atom stereocenters. The van der Waals surface area contributed by atoms with E-state index in [1.54, 1.807) is 60.9 Å². The lowest BCUT2D eigenvalue weighted by atomic mass is 10.00. The van der Waals surface area contributed by atoms with Crippen LogP contribution in [0.4, 0.5) is 26.3 Å². The third-order valence-corrected chi connectivity index (χ3v) is 5.16. The number of nitrogens with one attached hydrogen (secondary N) is 1. The minimum Gasteiger partial charge on any atom is -0.376 e. The van der Waals surface area contributed by atoms with Crippen LogP contribution < -0.4 is 5.32 Å². The van der Waals surface area contributed by atoms with Crippen molar-refractivity contribution in [3.63, 3.8) is 0 Å². The highest BCUT2D eigenvalue weighted by molar-refractivity contribution is 5.91. The molecular formula is C26H22F6N2O2. The summed E-state index contributed by atoms with van der Waals surface area (Å²) < 4.78 is 84.1. The molecule has 36 heavy (non-hydrogen) atoms. The molecule has 0 spiro atoms. The molecule has 2 aromatic carbocycles. The molecular weight excluding hydrogens is 486 g/mol. The Labute approximate surface area is 203 Å². The lowest BCUT2D eigenvalue weighted by Crippen LogP contribution is -2.29. The standard InChI is InChI=1S/C26H22F6N2O2/c27-25(28,29)22-12-19(13-23(14-22)26(30,31)32)16-36-17-21(20-4-2-1-3-5-20)15-34-24(35)7-6-18-8-10-33-11-9-18/h1-14,21H,15-17H2,(H,34,35)/b7-6+. The molecule has 0 fully saturated rings. The van der Waals surface area contributed by atoms with Crippen LogP contribution in [-0.4, -0.2) is 24.0 Å². The van der Waals surface area contributed by atoms with Crippen LogP contribution in [0.25, 0.3) is 6.08 Å². The van der Waals surface area contributed by atoms with Gasteiger partial charge in [-0.2, -0.15) is 26.3 Å². The number of carbonyl (C=O) groups excluding carboxylic acids is 1. The Morgan fingerprint density at radius 2 is 1.53 bits per heavy atom. The Balaban J connectivity index is 1.67. The normalized spacial score (nSPS) is 13.1. The van der Waals surface area contributed by atoms with Gasteiger partial charge in [0.2, 0.25) is 5.91 Å². The van der Waals surface area contributed by atoms with Gasteiger partial charge in [-0.15, -0.1) is 0 Å². The predicted molar refractivity (Wildman–Crippen MR) is 122 cm³/mol. The van der Waals surface area contributed by atoms with Gasteiger partial charge in [-0.05, 0) is 53.1 Å². The fraction of sp³-hybridized carbons (Fsp3) is 0.231. The maximum atomic E-state index is 13.1. The van der Waals surface area contributed by atoms with Crippen molar-refractivity contribution >= 4 is 12.0 Å². The molecule has 1 N–H and O–H groups in total. The number of alkyl halides is 6. The van der Waals surface area contributed by atoms with Gasteiger partial charge in [0, 0.05) is 30.9 Å². The highest BCUT2D eigenvalue weighted by atomic mass is 19.4. The molecule has 10 heteroatoms. The van der Waals surface area contributed by atoms with Crippen LogP contribution in [-0.2, 0) is 28.5 Å². The van der Waals surface area contributed by atoms with E-state index in [1.165, 1.54) is 6.08 Å². The van der Waals surface area contributed by atoms with E-state index in [1.807, 2.05) is 0 Å². The molecule has 3 aromatic rings. The van der Waals surface area contributed by atoms with Crippen LogP contribution >= 0.6 is 0 Å². The Kier molecular flexibility index (Phi) is 8.87. The molecule has 0 saturated carbocycles. The van der Waals surface area contributed by atoms with Crippen LogP contribution in [0.3, 0.4) is 0 Å². The number of hydrogen-bond donors (Lipinski definition) is 1. The molecule has 3 rings (SSSR count). The maximum absolute atomic E-state index is 13.1. The zero-order valence-electron chi connectivity index (χ0n) is 18.8. The lowest BCUT2D eigenvalue weighted by Gasteiger charge is -2.19. The van der Waals surface area contributed by atoms with Crippen LogP contribution in [0.2, 0.25) is 0 Å². The summed E-state index contributed by atoms with van der Waals surface area (Å²) in [6, 6.07) is 13.7. The number of rotatable bonds is 9. The number of aromatic nitrogens is 1. The monoisotopic (exact) mass is 508 g/mol. The van der Waals surface area contributed by atoms with E-state index in [9.17, 15) is 31.1 Å². The molecule has 1 unspecified atom stereocenters. The van der Waals surface area contributed by atoms with Gasteiger partial charge >= 0.3 is 12.4 Å². The second kappa shape index (κ2) is 11.9. The van der Waals surface area contributed by atoms with Gasteiger partial charge < -0.3 is 10.1 Å². The molecule has 1 aromatic heterocycles. The van der Waals surface area contributed by atoms with Crippen molar-refractivity contribution in [2.45, 2.75) is 24.9 Å². The zero-order valence-corrected chi connectivity index (χ0v) is 18.8. The van der Waals surface area contributed by atoms with E-state index in [-0.39, 0.29) is 30.7 Å². The first-order valence-electron chi connectivity index (χ1n) is 10.8. The van der Waals surface area contributed by atoms with E-state index in [4.69, 9.17) is 4.74 Å². The van der Waals surface area contributed by atoms with Crippen molar-refractivity contribution in [1.82, 2.24) is 10.3 Å². The average Bonchev–Trinajstić information content (AvgIpc) is 2.84. The molecule has 0 saturated heterocycles. The van der Waals surface area contributed by atoms with E-state index in [0.717, 1.165) is 11.1 Å². The number of hydrogen-bond acceptors (Lipinski definition) is 3. The van der Waals surface area contributed by atoms with Crippen molar-refractivity contribution in [3.05, 3.63) is 107 Å². The quantitative estimate of drug-likeness (QED) is 0.275. The zero-order chi connectivity index (χ0) is 26.2. The summed E-state index contributed by atoms with van der Waals surface area (Å²) >= 11 is 0. The number of amides is 1. The van der Waals surface area contributed by atoms with Crippen molar-refractivity contribution in [3.8, 4) is 0 Å². The number of benzene rings is 2. The van der Waals surface area contributed by atoms with E-state index in [0.29, 0.717) is 12.1 Å². The summed E-state index contributed by atoms with van der Waals surface area (Å²) in [5.74, 6) is -0.766. The SMILES string of the molecule is O=C(/C=C/c1ccncc1)NCC(COCc1cc(C(F)(F)F)cc(C(F)(F)F)c1)c1ccccc1. The lowest BCUT2D eigenvalue weighted by molar-refractivity contribution is -0.143. The summed E-state index contributed by atoms with van der Waals surface area (Å²) in [6.07, 6.45) is -3.74. The van der Waals surface area contributed by atoms with Gasteiger partial charge in [-0.1, -0.05) is 30.3 Å². The third-order valence-electron chi connectivity index (χ3n) is 5.16. The number of ether oxygens (including phenoxy) is 1. The first-order valence-corrected chi connectivity index (χ1v) is 10.8. The first kappa shape index (κ1) is 26.9. The Hall–Kier alpha value is -3.66. The Bertz CT molecular complexity index is 1130. The third kappa shape index (κ3) is 8.23. The van der Waals surface area contributed by atoms with Crippen molar-refractivity contribution in [1.29, 1.82) is 0 Å². The van der Waals surface area contributed by atoms with E-state index < -0.39 is 36.0 Å². The summed E-state index contributed by atoms with van der Waals surface area (Å²) in [6.45, 7) is -0.373. The number of nitrogens with zero attached hydrogens (tertiary/aromatic N) is 1. The molecule has 0 radical (unpaired) electrons. The van der Waals surface area contributed by atoms with Gasteiger partial charge in [0.1, 0.15) is 0 Å². The number of carbonyl (C=O) groups is 1. The smallest absolute Gasteiger partial charge is 0.376 e. The largest absolute Gasteiger partial charge is 0.416 e. The van der Waals surface area contributed by atoms with Crippen molar-refractivity contribution in [2.75, 3.05) is 13.2 Å². The second-order valence-electron chi connectivity index (χ2n) is 7.90. The molecule has 1 heterocycles. The fourth-order valence-corrected chi connectivity index (χ4v) is 3.35. The highest BCUT2D eigenvalue weighted by Gasteiger charge is 2.36. The number of halogens is 6. The summed E-state index contributed by atoms with van der Waals surface area (Å²) in [7, 11) is 0. The predicted octanol–water partition coefficient (Wildman–Crippen LogP) is 6.25. The minimum absolute atomic E-state index is 0.0457. The van der Waals surface area contributed by atoms with Crippen LogP contribution in [0, 0.1) is 0 Å². The number of pyridine rings is 1. The van der Waals surface area contributed by atoms with Crippen molar-refractivity contribution < 1.29 is 35.9 Å². The molecule has 0 bridgehead atoms. The summed E-state index contributed by atoms with van der Waals surface area (Å²) in [4.78, 5) is 16.1. The first-order chi connectivity index (χ1) is 17.0. The van der Waals surface area contributed by atoms with Crippen LogP contribution in [0.5, 0.6) is 0 Å².